The Labute approximate surface area is 230 Å². The van der Waals surface area contributed by atoms with Crippen molar-refractivity contribution in [3.8, 4) is 0 Å². The van der Waals surface area contributed by atoms with E-state index in [4.69, 9.17) is 5.84 Å². The fraction of sp³-hybridized carbons (Fsp3) is 0.387. The lowest BCUT2D eigenvalue weighted by atomic mass is 9.91. The van der Waals surface area contributed by atoms with Crippen molar-refractivity contribution in [2.45, 2.75) is 51.4 Å². The van der Waals surface area contributed by atoms with Gasteiger partial charge in [0.05, 0.1) is 11.3 Å². The molecule has 1 aliphatic carbocycles. The summed E-state index contributed by atoms with van der Waals surface area (Å²) in [7, 11) is 0. The summed E-state index contributed by atoms with van der Waals surface area (Å²) < 4.78 is 1.85. The highest BCUT2D eigenvalue weighted by molar-refractivity contribution is 5.95. The molecule has 204 valence electrons. The number of benzene rings is 1. The van der Waals surface area contributed by atoms with Crippen molar-refractivity contribution in [3.05, 3.63) is 90.0 Å². The van der Waals surface area contributed by atoms with E-state index in [0.717, 1.165) is 81.5 Å². The van der Waals surface area contributed by atoms with Gasteiger partial charge >= 0.3 is 0 Å². The molecule has 3 heterocycles. The van der Waals surface area contributed by atoms with Crippen LogP contribution in [0.5, 0.6) is 0 Å². The molecule has 1 saturated heterocycles. The number of anilines is 1. The molecule has 0 spiro atoms. The van der Waals surface area contributed by atoms with Crippen LogP contribution in [-0.4, -0.2) is 45.7 Å². The summed E-state index contributed by atoms with van der Waals surface area (Å²) in [4.78, 5) is 31.7. The van der Waals surface area contributed by atoms with E-state index in [9.17, 15) is 9.59 Å². The van der Waals surface area contributed by atoms with E-state index in [1.165, 1.54) is 0 Å². The van der Waals surface area contributed by atoms with Crippen LogP contribution in [0.4, 0.5) is 5.69 Å². The number of hydrogen-bond acceptors (Lipinski definition) is 5. The number of rotatable bonds is 9. The minimum absolute atomic E-state index is 0.0525. The Balaban J connectivity index is 1.01. The van der Waals surface area contributed by atoms with Crippen LogP contribution in [-0.2, 0) is 0 Å². The number of nitrogens with two attached hydrogens (primary N) is 1. The monoisotopic (exact) mass is 526 g/mol. The van der Waals surface area contributed by atoms with Crippen molar-refractivity contribution >= 4 is 23.1 Å². The molecule has 8 nitrogen and oxygen atoms in total. The highest BCUT2D eigenvalue weighted by Crippen LogP contribution is 2.25. The van der Waals surface area contributed by atoms with Gasteiger partial charge in [-0.3, -0.25) is 14.6 Å². The lowest BCUT2D eigenvalue weighted by Gasteiger charge is -2.32. The van der Waals surface area contributed by atoms with Gasteiger partial charge in [0.15, 0.2) is 0 Å². The standard InChI is InChI=1S/C31H38N6O2/c32-37(27-8-3-1-2-4-9-27)28-13-10-25(11-14-28)31(39)35-20-16-24(17-21-35)7-5-6-18-34-30(38)26-12-15-29-33-19-22-36(29)23-26/h1,3,8,10-15,19,22-24H,2,4-7,9,16-18,20-21,32H2,(H,34,38). The first-order valence-corrected chi connectivity index (χ1v) is 14.1. The second kappa shape index (κ2) is 12.8. The highest BCUT2D eigenvalue weighted by Gasteiger charge is 2.23. The molecule has 2 aromatic heterocycles. The number of nitrogens with one attached hydrogen (secondary N) is 1. The third-order valence-electron chi connectivity index (χ3n) is 7.81. The number of allylic oxidation sites excluding steroid dienone is 4. The van der Waals surface area contributed by atoms with Crippen molar-refractivity contribution in [2.75, 3.05) is 24.6 Å². The second-order valence-electron chi connectivity index (χ2n) is 10.5. The van der Waals surface area contributed by atoms with E-state index in [-0.39, 0.29) is 11.8 Å². The predicted molar refractivity (Wildman–Crippen MR) is 154 cm³/mol. The van der Waals surface area contributed by atoms with Crippen molar-refractivity contribution in [1.29, 1.82) is 0 Å². The Kier molecular flexibility index (Phi) is 8.73. The highest BCUT2D eigenvalue weighted by atomic mass is 16.2. The number of hydrazine groups is 1. The number of hydrogen-bond donors (Lipinski definition) is 2. The molecule has 1 fully saturated rings. The SMILES string of the molecule is NN(C1=CC=CCCC1)c1ccc(C(=O)N2CCC(CCCCNC(=O)c3ccc4nccn4c3)CC2)cc1. The van der Waals surface area contributed by atoms with Crippen molar-refractivity contribution in [1.82, 2.24) is 19.6 Å². The summed E-state index contributed by atoms with van der Waals surface area (Å²) in [5, 5.41) is 4.75. The molecule has 0 saturated carbocycles. The van der Waals surface area contributed by atoms with Crippen LogP contribution >= 0.6 is 0 Å². The van der Waals surface area contributed by atoms with E-state index in [1.807, 2.05) is 58.1 Å². The van der Waals surface area contributed by atoms with Crippen LogP contribution in [0.3, 0.4) is 0 Å². The maximum absolute atomic E-state index is 13.1. The van der Waals surface area contributed by atoms with Crippen molar-refractivity contribution < 1.29 is 9.59 Å². The van der Waals surface area contributed by atoms with Gasteiger partial charge < -0.3 is 14.6 Å². The minimum Gasteiger partial charge on any atom is -0.352 e. The maximum Gasteiger partial charge on any atom is 0.253 e. The smallest absolute Gasteiger partial charge is 0.253 e. The van der Waals surface area contributed by atoms with E-state index in [2.05, 4.69) is 28.5 Å². The van der Waals surface area contributed by atoms with E-state index in [0.29, 0.717) is 23.6 Å². The van der Waals surface area contributed by atoms with E-state index >= 15 is 0 Å². The van der Waals surface area contributed by atoms with Gasteiger partial charge in [0.2, 0.25) is 0 Å². The zero-order valence-electron chi connectivity index (χ0n) is 22.5. The number of likely N-dealkylation sites (tertiary alicyclic amines) is 1. The van der Waals surface area contributed by atoms with Crippen LogP contribution in [0.1, 0.15) is 72.1 Å². The fourth-order valence-electron chi connectivity index (χ4n) is 5.41. The number of pyridine rings is 1. The number of aromatic nitrogens is 2. The number of piperidine rings is 1. The molecule has 1 aromatic carbocycles. The van der Waals surface area contributed by atoms with Crippen LogP contribution in [0, 0.1) is 5.92 Å². The largest absolute Gasteiger partial charge is 0.352 e. The summed E-state index contributed by atoms with van der Waals surface area (Å²) in [5.41, 5.74) is 4.16. The molecule has 1 aliphatic heterocycles. The molecule has 0 radical (unpaired) electrons. The number of imidazole rings is 1. The normalized spacial score (nSPS) is 16.1. The molecular weight excluding hydrogens is 488 g/mol. The van der Waals surface area contributed by atoms with Crippen molar-refractivity contribution in [3.63, 3.8) is 0 Å². The molecule has 0 unspecified atom stereocenters. The number of nitrogens with zero attached hydrogens (tertiary/aromatic N) is 4. The Morgan fingerprint density at radius 2 is 1.85 bits per heavy atom. The summed E-state index contributed by atoms with van der Waals surface area (Å²) >= 11 is 0. The summed E-state index contributed by atoms with van der Waals surface area (Å²) in [6.45, 7) is 2.25. The first kappa shape index (κ1) is 26.7. The van der Waals surface area contributed by atoms with Gasteiger partial charge in [-0.1, -0.05) is 25.0 Å². The fourth-order valence-corrected chi connectivity index (χ4v) is 5.41. The molecule has 3 aromatic rings. The quantitative estimate of drug-likeness (QED) is 0.230. The lowest BCUT2D eigenvalue weighted by molar-refractivity contribution is 0.0686. The van der Waals surface area contributed by atoms with E-state index in [1.54, 1.807) is 11.2 Å². The number of carbonyl (C=O) groups excluding carboxylic acids is 2. The Morgan fingerprint density at radius 1 is 1.05 bits per heavy atom. The molecule has 2 amide bonds. The Bertz CT molecular complexity index is 1330. The van der Waals surface area contributed by atoms with Crippen LogP contribution in [0.25, 0.3) is 5.65 Å². The molecule has 0 atom stereocenters. The molecule has 39 heavy (non-hydrogen) atoms. The molecule has 0 bridgehead atoms. The molecule has 2 aliphatic rings. The molecule has 5 rings (SSSR count). The molecule has 3 N–H and O–H groups in total. The van der Waals surface area contributed by atoms with Gasteiger partial charge in [-0.15, -0.1) is 0 Å². The summed E-state index contributed by atoms with van der Waals surface area (Å²) in [5.74, 6) is 7.02. The van der Waals surface area contributed by atoms with Crippen LogP contribution < -0.4 is 16.2 Å². The summed E-state index contributed by atoms with van der Waals surface area (Å²) in [6, 6.07) is 11.3. The van der Waals surface area contributed by atoms with Crippen LogP contribution in [0.15, 0.2) is 78.9 Å². The first-order chi connectivity index (χ1) is 19.1. The van der Waals surface area contributed by atoms with Crippen LogP contribution in [0.2, 0.25) is 0 Å². The Hall–Kier alpha value is -3.91. The number of fused-ring (bicyclic) bond motifs is 1. The average Bonchev–Trinajstić information content (AvgIpc) is 3.28. The number of amides is 2. The average molecular weight is 527 g/mol. The first-order valence-electron chi connectivity index (χ1n) is 14.1. The maximum atomic E-state index is 13.1. The van der Waals surface area contributed by atoms with Gasteiger partial charge in [-0.2, -0.15) is 0 Å². The number of carbonyl (C=O) groups is 2. The van der Waals surface area contributed by atoms with Gasteiger partial charge in [0, 0.05) is 49.5 Å². The molecule has 8 heteroatoms. The topological polar surface area (TPSA) is 96.0 Å². The second-order valence-corrected chi connectivity index (χ2v) is 10.5. The van der Waals surface area contributed by atoms with Gasteiger partial charge in [-0.05, 0) is 86.9 Å². The van der Waals surface area contributed by atoms with Gasteiger partial charge in [0.25, 0.3) is 11.8 Å². The summed E-state index contributed by atoms with van der Waals surface area (Å²) in [6.07, 6.45) is 20.0. The third kappa shape index (κ3) is 6.75. The lowest BCUT2D eigenvalue weighted by Crippen LogP contribution is -2.38. The van der Waals surface area contributed by atoms with Gasteiger partial charge in [0.1, 0.15) is 5.65 Å². The zero-order valence-corrected chi connectivity index (χ0v) is 22.5. The zero-order chi connectivity index (χ0) is 27.0. The van der Waals surface area contributed by atoms with Gasteiger partial charge in [-0.25, -0.2) is 10.8 Å². The minimum atomic E-state index is -0.0525. The number of unbranched alkanes of at least 4 members (excludes halogenated alkanes) is 1. The predicted octanol–water partition coefficient (Wildman–Crippen LogP) is 5.09. The Morgan fingerprint density at radius 3 is 2.67 bits per heavy atom. The molecular formula is C31H38N6O2. The van der Waals surface area contributed by atoms with Crippen molar-refractivity contribution in [2.24, 2.45) is 11.8 Å². The van der Waals surface area contributed by atoms with E-state index < -0.39 is 0 Å². The third-order valence-corrected chi connectivity index (χ3v) is 7.81.